The summed E-state index contributed by atoms with van der Waals surface area (Å²) in [5.74, 6) is 0. The Balaban J connectivity index is 1.64. The van der Waals surface area contributed by atoms with Crippen LogP contribution in [0.5, 0.6) is 0 Å². The number of hydrogen-bond acceptors (Lipinski definition) is 5. The predicted molar refractivity (Wildman–Crippen MR) is 113 cm³/mol. The van der Waals surface area contributed by atoms with Crippen LogP contribution in [0.4, 0.5) is 0 Å². The maximum atomic E-state index is 13.2. The fourth-order valence-corrected chi connectivity index (χ4v) is 4.33. The summed E-state index contributed by atoms with van der Waals surface area (Å²) in [4.78, 5) is 22.4. The van der Waals surface area contributed by atoms with Gasteiger partial charge in [-0.25, -0.2) is 14.5 Å². The van der Waals surface area contributed by atoms with E-state index in [0.717, 1.165) is 65.2 Å². The molecule has 0 radical (unpaired) electrons. The Kier molecular flexibility index (Phi) is 4.20. The second-order valence-corrected chi connectivity index (χ2v) is 7.99. The molecule has 0 amide bonds. The second kappa shape index (κ2) is 6.77. The third-order valence-electron chi connectivity index (χ3n) is 5.81. The molecule has 1 N–H and O–H groups in total. The Morgan fingerprint density at radius 3 is 2.66 bits per heavy atom. The molecule has 0 bridgehead atoms. The summed E-state index contributed by atoms with van der Waals surface area (Å²) in [6, 6.07) is 6.26. The summed E-state index contributed by atoms with van der Waals surface area (Å²) in [5, 5.41) is 8.77. The van der Waals surface area contributed by atoms with Crippen molar-refractivity contribution in [2.24, 2.45) is 0 Å². The van der Waals surface area contributed by atoms with E-state index < -0.39 is 0 Å². The summed E-state index contributed by atoms with van der Waals surface area (Å²) in [7, 11) is 0. The van der Waals surface area contributed by atoms with E-state index in [4.69, 9.17) is 5.10 Å². The first kappa shape index (κ1) is 18.0. The Labute approximate surface area is 168 Å². The highest BCUT2D eigenvalue weighted by Crippen LogP contribution is 2.26. The minimum absolute atomic E-state index is 0.0516. The predicted octanol–water partition coefficient (Wildman–Crippen LogP) is 2.96. The number of imidazole rings is 1. The minimum Gasteiger partial charge on any atom is -0.317 e. The number of piperidine rings is 1. The highest BCUT2D eigenvalue weighted by Gasteiger charge is 2.19. The van der Waals surface area contributed by atoms with E-state index in [2.05, 4.69) is 15.3 Å². The van der Waals surface area contributed by atoms with Crippen LogP contribution in [0, 0.1) is 20.8 Å². The molecular weight excluding hydrogens is 364 g/mol. The van der Waals surface area contributed by atoms with Gasteiger partial charge in [-0.2, -0.15) is 5.10 Å². The van der Waals surface area contributed by atoms with Crippen molar-refractivity contribution in [3.05, 3.63) is 57.9 Å². The monoisotopic (exact) mass is 388 g/mol. The molecule has 1 aromatic carbocycles. The third-order valence-corrected chi connectivity index (χ3v) is 5.81. The van der Waals surface area contributed by atoms with Crippen molar-refractivity contribution in [1.82, 2.24) is 29.5 Å². The van der Waals surface area contributed by atoms with Crippen molar-refractivity contribution < 1.29 is 0 Å². The Morgan fingerprint density at radius 2 is 1.86 bits per heavy atom. The summed E-state index contributed by atoms with van der Waals surface area (Å²) < 4.78 is 3.64. The molecule has 1 aliphatic rings. The number of rotatable bonds is 2. The van der Waals surface area contributed by atoms with Crippen LogP contribution < -0.4 is 10.9 Å². The number of nitrogens with zero attached hydrogens (tertiary/aromatic N) is 5. The lowest BCUT2D eigenvalue weighted by Crippen LogP contribution is -2.34. The van der Waals surface area contributed by atoms with Crippen molar-refractivity contribution in [2.45, 2.75) is 39.7 Å². The molecule has 29 heavy (non-hydrogen) atoms. The quantitative estimate of drug-likeness (QED) is 0.571. The number of fused-ring (bicyclic) bond motifs is 2. The van der Waals surface area contributed by atoms with Crippen LogP contribution in [0.3, 0.4) is 0 Å². The molecule has 1 aliphatic heterocycles. The fraction of sp³-hybridized carbons (Fsp3) is 0.364. The van der Waals surface area contributed by atoms with Gasteiger partial charge in [0.15, 0.2) is 5.65 Å². The van der Waals surface area contributed by atoms with Gasteiger partial charge < -0.3 is 5.32 Å². The van der Waals surface area contributed by atoms with Crippen LogP contribution in [0.25, 0.3) is 27.8 Å². The van der Waals surface area contributed by atoms with E-state index in [0.29, 0.717) is 5.39 Å². The fourth-order valence-electron chi connectivity index (χ4n) is 4.33. The van der Waals surface area contributed by atoms with Gasteiger partial charge in [0.2, 0.25) is 0 Å². The van der Waals surface area contributed by atoms with Crippen molar-refractivity contribution in [1.29, 1.82) is 0 Å². The molecule has 0 aliphatic carbocycles. The molecule has 7 nitrogen and oxygen atoms in total. The minimum atomic E-state index is 0.0516. The molecule has 5 rings (SSSR count). The van der Waals surface area contributed by atoms with Crippen LogP contribution in [0.15, 0.2) is 35.5 Å². The van der Waals surface area contributed by atoms with Crippen LogP contribution in [-0.2, 0) is 0 Å². The number of hydrogen-bond donors (Lipinski definition) is 1. The van der Waals surface area contributed by atoms with Gasteiger partial charge in [0.05, 0.1) is 34.8 Å². The van der Waals surface area contributed by atoms with Crippen LogP contribution in [0.1, 0.15) is 35.7 Å². The summed E-state index contributed by atoms with van der Waals surface area (Å²) in [6.07, 6.45) is 5.55. The summed E-state index contributed by atoms with van der Waals surface area (Å²) >= 11 is 0. The Bertz CT molecular complexity index is 1300. The normalized spacial score (nSPS) is 15.4. The molecule has 4 aromatic rings. The molecule has 0 spiro atoms. The largest absolute Gasteiger partial charge is 0.317 e. The standard InChI is InChI=1S/C22H24N6O/c1-13-8-16(18-9-14(2)21-25-15(3)11-28(21)26-18)10-19-20(13)22(29)27(12-24-19)17-4-6-23-7-5-17/h8-12,17,23H,4-7H2,1-3H3. The molecule has 3 aromatic heterocycles. The molecule has 4 heterocycles. The number of aryl methyl sites for hydroxylation is 3. The average molecular weight is 388 g/mol. The average Bonchev–Trinajstić information content (AvgIpc) is 3.09. The van der Waals surface area contributed by atoms with Gasteiger partial charge in [-0.05, 0) is 76.0 Å². The van der Waals surface area contributed by atoms with Gasteiger partial charge in [0, 0.05) is 11.6 Å². The van der Waals surface area contributed by atoms with Gasteiger partial charge in [0.25, 0.3) is 5.56 Å². The molecule has 0 atom stereocenters. The van der Waals surface area contributed by atoms with Gasteiger partial charge in [0.1, 0.15) is 0 Å². The van der Waals surface area contributed by atoms with Crippen LogP contribution in [-0.4, -0.2) is 37.2 Å². The Morgan fingerprint density at radius 1 is 1.07 bits per heavy atom. The highest BCUT2D eigenvalue weighted by molar-refractivity contribution is 5.86. The van der Waals surface area contributed by atoms with Gasteiger partial charge in [-0.3, -0.25) is 9.36 Å². The van der Waals surface area contributed by atoms with E-state index in [1.807, 2.05) is 54.2 Å². The van der Waals surface area contributed by atoms with Crippen molar-refractivity contribution in [3.8, 4) is 11.3 Å². The molecule has 148 valence electrons. The molecule has 7 heteroatoms. The number of nitrogens with one attached hydrogen (secondary N) is 1. The van der Waals surface area contributed by atoms with E-state index in [1.165, 1.54) is 0 Å². The van der Waals surface area contributed by atoms with E-state index >= 15 is 0 Å². The number of benzene rings is 1. The van der Waals surface area contributed by atoms with E-state index in [1.54, 1.807) is 6.33 Å². The lowest BCUT2D eigenvalue weighted by atomic mass is 10.0. The van der Waals surface area contributed by atoms with Gasteiger partial charge >= 0.3 is 0 Å². The molecule has 1 saturated heterocycles. The molecular formula is C22H24N6O. The third kappa shape index (κ3) is 3.02. The second-order valence-electron chi connectivity index (χ2n) is 7.99. The zero-order valence-electron chi connectivity index (χ0n) is 16.9. The SMILES string of the molecule is Cc1cn2nc(-c3cc(C)c4c(=O)n(C5CCNCC5)cnc4c3)cc(C)c2n1. The lowest BCUT2D eigenvalue weighted by Gasteiger charge is -2.24. The topological polar surface area (TPSA) is 77.1 Å². The van der Waals surface area contributed by atoms with E-state index in [-0.39, 0.29) is 11.6 Å². The lowest BCUT2D eigenvalue weighted by molar-refractivity contribution is 0.359. The van der Waals surface area contributed by atoms with Crippen LogP contribution >= 0.6 is 0 Å². The summed E-state index contributed by atoms with van der Waals surface area (Å²) in [5.41, 5.74) is 6.38. The maximum Gasteiger partial charge on any atom is 0.261 e. The molecule has 0 unspecified atom stereocenters. The first-order valence-corrected chi connectivity index (χ1v) is 10.1. The zero-order valence-corrected chi connectivity index (χ0v) is 16.9. The first-order valence-electron chi connectivity index (χ1n) is 10.1. The smallest absolute Gasteiger partial charge is 0.261 e. The highest BCUT2D eigenvalue weighted by atomic mass is 16.1. The zero-order chi connectivity index (χ0) is 20.1. The van der Waals surface area contributed by atoms with Crippen molar-refractivity contribution >= 4 is 16.6 Å². The van der Waals surface area contributed by atoms with Crippen molar-refractivity contribution in [3.63, 3.8) is 0 Å². The van der Waals surface area contributed by atoms with E-state index in [9.17, 15) is 4.79 Å². The molecule has 0 saturated carbocycles. The Hall–Kier alpha value is -3.06. The van der Waals surface area contributed by atoms with Crippen LogP contribution in [0.2, 0.25) is 0 Å². The van der Waals surface area contributed by atoms with Crippen molar-refractivity contribution in [2.75, 3.05) is 13.1 Å². The maximum absolute atomic E-state index is 13.2. The van der Waals surface area contributed by atoms with Gasteiger partial charge in [-0.15, -0.1) is 0 Å². The first-order chi connectivity index (χ1) is 14.0. The number of aromatic nitrogens is 5. The summed E-state index contributed by atoms with van der Waals surface area (Å²) in [6.45, 7) is 7.86. The van der Waals surface area contributed by atoms with Gasteiger partial charge in [-0.1, -0.05) is 0 Å². The molecule has 1 fully saturated rings.